The molecule has 2 N–H and O–H groups in total. The van der Waals surface area contributed by atoms with Crippen LogP contribution in [-0.2, 0) is 23.9 Å². The highest BCUT2D eigenvalue weighted by Gasteiger charge is 2.73. The van der Waals surface area contributed by atoms with Crippen LogP contribution in [0.4, 0.5) is 5.69 Å². The summed E-state index contributed by atoms with van der Waals surface area (Å²) in [6.07, 6.45) is 10.2. The summed E-state index contributed by atoms with van der Waals surface area (Å²) in [7, 11) is 0. The van der Waals surface area contributed by atoms with Crippen LogP contribution in [0.15, 0.2) is 36.4 Å². The third-order valence-electron chi connectivity index (χ3n) is 8.62. The molecular formula is C28H35N3O5. The Morgan fingerprint density at radius 2 is 1.83 bits per heavy atom. The van der Waals surface area contributed by atoms with Crippen LogP contribution in [0.3, 0.4) is 0 Å². The van der Waals surface area contributed by atoms with Gasteiger partial charge in [0.2, 0.25) is 17.7 Å². The second kappa shape index (κ2) is 9.30. The summed E-state index contributed by atoms with van der Waals surface area (Å²) >= 11 is 0. The predicted octanol–water partition coefficient (Wildman–Crippen LogP) is 2.71. The molecule has 3 amide bonds. The number of rotatable bonds is 6. The quantitative estimate of drug-likeness (QED) is 0.594. The van der Waals surface area contributed by atoms with E-state index in [1.165, 1.54) is 6.42 Å². The molecule has 8 heteroatoms. The Balaban J connectivity index is 1.29. The first-order valence-electron chi connectivity index (χ1n) is 13.4. The van der Waals surface area contributed by atoms with Gasteiger partial charge in [-0.15, -0.1) is 0 Å². The first-order chi connectivity index (χ1) is 17.5. The Labute approximate surface area is 211 Å². The molecule has 2 bridgehead atoms. The first-order valence-corrected chi connectivity index (χ1v) is 13.4. The van der Waals surface area contributed by atoms with Gasteiger partial charge in [-0.05, 0) is 44.7 Å². The van der Waals surface area contributed by atoms with Crippen LogP contribution in [0.1, 0.15) is 50.5 Å². The number of amides is 3. The van der Waals surface area contributed by atoms with Gasteiger partial charge in [-0.3, -0.25) is 14.4 Å². The molecule has 0 unspecified atom stereocenters. The number of hydrogen-bond acceptors (Lipinski definition) is 5. The van der Waals surface area contributed by atoms with E-state index >= 15 is 0 Å². The average Bonchev–Trinajstić information content (AvgIpc) is 3.64. The molecule has 192 valence electrons. The number of anilines is 1. The Morgan fingerprint density at radius 1 is 1.06 bits per heavy atom. The minimum absolute atomic E-state index is 0.102. The lowest BCUT2D eigenvalue weighted by Gasteiger charge is -2.34. The molecule has 36 heavy (non-hydrogen) atoms. The van der Waals surface area contributed by atoms with E-state index in [1.54, 1.807) is 4.90 Å². The van der Waals surface area contributed by atoms with Crippen molar-refractivity contribution in [2.75, 3.05) is 18.5 Å². The number of carbonyl (C=O) groups is 3. The minimum Gasteiger partial charge on any atom is -0.376 e. The fourth-order valence-electron chi connectivity index (χ4n) is 6.86. The van der Waals surface area contributed by atoms with Crippen LogP contribution in [0.25, 0.3) is 0 Å². The van der Waals surface area contributed by atoms with Crippen molar-refractivity contribution >= 4 is 23.4 Å². The molecule has 5 aliphatic rings. The monoisotopic (exact) mass is 493 g/mol. The molecule has 6 rings (SSSR count). The van der Waals surface area contributed by atoms with E-state index in [4.69, 9.17) is 9.47 Å². The number of aryl methyl sites for hydroxylation is 1. The Kier molecular flexibility index (Phi) is 6.12. The minimum atomic E-state index is -1.13. The van der Waals surface area contributed by atoms with Crippen LogP contribution in [-0.4, -0.2) is 65.7 Å². The summed E-state index contributed by atoms with van der Waals surface area (Å²) < 4.78 is 12.3. The zero-order chi connectivity index (χ0) is 24.9. The topological polar surface area (TPSA) is 97.0 Å². The number of carbonyl (C=O) groups excluding carboxylic acids is 3. The van der Waals surface area contributed by atoms with Crippen LogP contribution in [0, 0.1) is 18.8 Å². The van der Waals surface area contributed by atoms with Gasteiger partial charge >= 0.3 is 0 Å². The summed E-state index contributed by atoms with van der Waals surface area (Å²) in [6.45, 7) is 3.00. The van der Waals surface area contributed by atoms with Crippen LogP contribution in [0.5, 0.6) is 0 Å². The first kappa shape index (κ1) is 23.7. The van der Waals surface area contributed by atoms with Crippen LogP contribution < -0.4 is 10.6 Å². The second-order valence-corrected chi connectivity index (χ2v) is 11.0. The Hall–Kier alpha value is -2.71. The highest BCUT2D eigenvalue weighted by Crippen LogP contribution is 2.55. The molecule has 1 saturated carbocycles. The Bertz CT molecular complexity index is 1060. The molecular weight excluding hydrogens is 458 g/mol. The van der Waals surface area contributed by atoms with Crippen molar-refractivity contribution in [1.82, 2.24) is 10.2 Å². The predicted molar refractivity (Wildman–Crippen MR) is 133 cm³/mol. The van der Waals surface area contributed by atoms with E-state index < -0.39 is 29.6 Å². The normalized spacial score (nSPS) is 35.3. The van der Waals surface area contributed by atoms with Gasteiger partial charge in [0.05, 0.1) is 24.0 Å². The van der Waals surface area contributed by atoms with Gasteiger partial charge in [0.25, 0.3) is 0 Å². The van der Waals surface area contributed by atoms with E-state index in [-0.39, 0.29) is 29.9 Å². The van der Waals surface area contributed by atoms with Crippen molar-refractivity contribution in [2.45, 2.75) is 81.8 Å². The van der Waals surface area contributed by atoms with Crippen molar-refractivity contribution in [3.05, 3.63) is 42.0 Å². The van der Waals surface area contributed by atoms with E-state index in [0.717, 1.165) is 44.1 Å². The van der Waals surface area contributed by atoms with Crippen LogP contribution >= 0.6 is 0 Å². The molecule has 6 atom stereocenters. The standard InChI is InChI=1S/C28H35N3O5/c1-17-9-11-19(12-10-17)29-25(32)22-21-13-14-28(36-21)23(22)27(34)31(16-20-8-5-15-35-20)24(28)26(33)30-18-6-3-2-4-7-18/h9-14,18,20-24H,2-8,15-16H2,1H3,(H,29,32)(H,30,33)/t20-,21-,22+,23-,24+,28-/m1/s1. The Morgan fingerprint density at radius 3 is 2.56 bits per heavy atom. The van der Waals surface area contributed by atoms with Crippen molar-refractivity contribution in [1.29, 1.82) is 0 Å². The maximum absolute atomic E-state index is 14.0. The summed E-state index contributed by atoms with van der Waals surface area (Å²) in [5.41, 5.74) is 0.648. The lowest BCUT2D eigenvalue weighted by molar-refractivity contribution is -0.143. The molecule has 4 heterocycles. The molecule has 0 radical (unpaired) electrons. The van der Waals surface area contributed by atoms with E-state index in [0.29, 0.717) is 18.8 Å². The van der Waals surface area contributed by atoms with Gasteiger partial charge in [-0.25, -0.2) is 0 Å². The fourth-order valence-corrected chi connectivity index (χ4v) is 6.86. The molecule has 3 saturated heterocycles. The lowest BCUT2D eigenvalue weighted by atomic mass is 9.74. The molecule has 4 fully saturated rings. The van der Waals surface area contributed by atoms with Crippen LogP contribution in [0.2, 0.25) is 0 Å². The summed E-state index contributed by atoms with van der Waals surface area (Å²) in [5.74, 6) is -2.05. The molecule has 1 spiro atoms. The van der Waals surface area contributed by atoms with Gasteiger partial charge in [0, 0.05) is 24.9 Å². The average molecular weight is 494 g/mol. The number of benzene rings is 1. The molecule has 1 aromatic rings. The number of fused-ring (bicyclic) bond motifs is 1. The number of likely N-dealkylation sites (tertiary alicyclic amines) is 1. The number of hydrogen-bond donors (Lipinski definition) is 2. The molecule has 4 aliphatic heterocycles. The number of nitrogens with zero attached hydrogens (tertiary/aromatic N) is 1. The summed E-state index contributed by atoms with van der Waals surface area (Å²) in [6, 6.07) is 6.89. The van der Waals surface area contributed by atoms with Gasteiger partial charge in [0.1, 0.15) is 11.6 Å². The van der Waals surface area contributed by atoms with Crippen molar-refractivity contribution in [2.24, 2.45) is 11.8 Å². The molecule has 0 aromatic heterocycles. The second-order valence-electron chi connectivity index (χ2n) is 11.0. The fraction of sp³-hybridized carbons (Fsp3) is 0.607. The van der Waals surface area contributed by atoms with E-state index in [1.807, 2.05) is 43.3 Å². The lowest BCUT2D eigenvalue weighted by Crippen LogP contribution is -2.57. The van der Waals surface area contributed by atoms with Gasteiger partial charge in [0.15, 0.2) is 0 Å². The van der Waals surface area contributed by atoms with E-state index in [2.05, 4.69) is 10.6 Å². The maximum Gasteiger partial charge on any atom is 0.246 e. The molecule has 1 aliphatic carbocycles. The van der Waals surface area contributed by atoms with Gasteiger partial charge < -0.3 is 25.0 Å². The number of nitrogens with one attached hydrogen (secondary N) is 2. The molecule has 8 nitrogen and oxygen atoms in total. The third kappa shape index (κ3) is 3.95. The van der Waals surface area contributed by atoms with Crippen molar-refractivity contribution in [3.63, 3.8) is 0 Å². The molecule has 1 aromatic carbocycles. The smallest absolute Gasteiger partial charge is 0.246 e. The highest BCUT2D eigenvalue weighted by atomic mass is 16.5. The van der Waals surface area contributed by atoms with Gasteiger partial charge in [-0.1, -0.05) is 49.1 Å². The zero-order valence-corrected chi connectivity index (χ0v) is 20.8. The number of ether oxygens (including phenoxy) is 2. The highest BCUT2D eigenvalue weighted by molar-refractivity contribution is 6.02. The summed E-state index contributed by atoms with van der Waals surface area (Å²) in [5, 5.41) is 6.20. The summed E-state index contributed by atoms with van der Waals surface area (Å²) in [4.78, 5) is 42.9. The largest absolute Gasteiger partial charge is 0.376 e. The van der Waals surface area contributed by atoms with Crippen molar-refractivity contribution < 1.29 is 23.9 Å². The third-order valence-corrected chi connectivity index (χ3v) is 8.62. The van der Waals surface area contributed by atoms with Gasteiger partial charge in [-0.2, -0.15) is 0 Å². The maximum atomic E-state index is 14.0. The SMILES string of the molecule is Cc1ccc(NC(=O)[C@H]2[C@H]3C=C[C@]4(O3)[C@H](C(=O)NC3CCCCC3)N(C[C@H]3CCCO3)C(=O)[C@@H]24)cc1. The zero-order valence-electron chi connectivity index (χ0n) is 20.8. The van der Waals surface area contributed by atoms with Crippen molar-refractivity contribution in [3.8, 4) is 0 Å². The van der Waals surface area contributed by atoms with E-state index in [9.17, 15) is 14.4 Å².